The monoisotopic (exact) mass is 550 g/mol. The van der Waals surface area contributed by atoms with E-state index in [1.807, 2.05) is 37.3 Å². The highest BCUT2D eigenvalue weighted by atomic mass is 35.5. The highest BCUT2D eigenvalue weighted by Gasteiger charge is 2.31. The Balaban J connectivity index is 2.01. The minimum atomic E-state index is -0.757. The van der Waals surface area contributed by atoms with Crippen LogP contribution in [0.1, 0.15) is 30.0 Å². The zero-order valence-corrected chi connectivity index (χ0v) is 22.3. The van der Waals surface area contributed by atoms with E-state index in [4.69, 9.17) is 46.4 Å². The van der Waals surface area contributed by atoms with Crippen LogP contribution in [-0.2, 0) is 29.0 Å². The van der Waals surface area contributed by atoms with Crippen molar-refractivity contribution in [3.63, 3.8) is 0 Å². The Hall–Kier alpha value is -2.24. The Morgan fingerprint density at radius 3 is 2.14 bits per heavy atom. The number of amides is 2. The second kappa shape index (κ2) is 13.2. The van der Waals surface area contributed by atoms with Gasteiger partial charge >= 0.3 is 0 Å². The zero-order chi connectivity index (χ0) is 25.4. The summed E-state index contributed by atoms with van der Waals surface area (Å²) in [7, 11) is 0. The number of hydrogen-bond acceptors (Lipinski definition) is 2. The van der Waals surface area contributed by atoms with Crippen LogP contribution < -0.4 is 5.32 Å². The standard InChI is InChI=1S/C27H26Cl4N2O2/c1-2-13-32-27(35)25(15-18-7-4-3-5-8-18)33(17-19-11-12-23(30)24(31)14-19)26(34)16-20-21(28)9-6-10-22(20)29/h3-12,14,25H,2,13,15-17H2,1H3,(H,32,35)/t25-/m1/s1. The van der Waals surface area contributed by atoms with Crippen LogP contribution in [0.5, 0.6) is 0 Å². The van der Waals surface area contributed by atoms with Gasteiger partial charge in [-0.1, -0.05) is 95.8 Å². The topological polar surface area (TPSA) is 49.4 Å². The SMILES string of the molecule is CCCNC(=O)[C@@H](Cc1ccccc1)N(Cc1ccc(Cl)c(Cl)c1)C(=O)Cc1c(Cl)cccc1Cl. The van der Waals surface area contributed by atoms with E-state index < -0.39 is 6.04 Å². The molecule has 0 spiro atoms. The molecule has 35 heavy (non-hydrogen) atoms. The van der Waals surface area contributed by atoms with Crippen LogP contribution in [0.3, 0.4) is 0 Å². The fourth-order valence-corrected chi connectivity index (χ4v) is 4.56. The fourth-order valence-electron chi connectivity index (χ4n) is 3.71. The van der Waals surface area contributed by atoms with Crippen LogP contribution in [0.15, 0.2) is 66.7 Å². The lowest BCUT2D eigenvalue weighted by Gasteiger charge is -2.32. The Bertz CT molecular complexity index is 1150. The molecular formula is C27H26Cl4N2O2. The highest BCUT2D eigenvalue weighted by Crippen LogP contribution is 2.27. The van der Waals surface area contributed by atoms with E-state index >= 15 is 0 Å². The molecule has 0 radical (unpaired) electrons. The van der Waals surface area contributed by atoms with Crippen molar-refractivity contribution < 1.29 is 9.59 Å². The van der Waals surface area contributed by atoms with E-state index in [2.05, 4.69) is 5.32 Å². The first-order valence-corrected chi connectivity index (χ1v) is 12.8. The lowest BCUT2D eigenvalue weighted by molar-refractivity contribution is -0.140. The molecular weight excluding hydrogens is 526 g/mol. The van der Waals surface area contributed by atoms with Crippen LogP contribution in [-0.4, -0.2) is 29.3 Å². The number of hydrogen-bond donors (Lipinski definition) is 1. The number of nitrogens with one attached hydrogen (secondary N) is 1. The normalized spacial score (nSPS) is 11.7. The summed E-state index contributed by atoms with van der Waals surface area (Å²) < 4.78 is 0. The summed E-state index contributed by atoms with van der Waals surface area (Å²) in [4.78, 5) is 28.7. The molecule has 0 aliphatic carbocycles. The van der Waals surface area contributed by atoms with E-state index in [1.54, 1.807) is 41.3 Å². The van der Waals surface area contributed by atoms with Crippen LogP contribution >= 0.6 is 46.4 Å². The molecule has 3 aromatic rings. The zero-order valence-electron chi connectivity index (χ0n) is 19.2. The predicted octanol–water partition coefficient (Wildman–Crippen LogP) is 7.01. The van der Waals surface area contributed by atoms with Crippen molar-refractivity contribution in [3.8, 4) is 0 Å². The summed E-state index contributed by atoms with van der Waals surface area (Å²) in [6.45, 7) is 2.65. The van der Waals surface area contributed by atoms with Crippen LogP contribution in [0.4, 0.5) is 0 Å². The lowest BCUT2D eigenvalue weighted by Crippen LogP contribution is -2.51. The van der Waals surface area contributed by atoms with Gasteiger partial charge < -0.3 is 10.2 Å². The molecule has 0 bridgehead atoms. The Kier molecular flexibility index (Phi) is 10.3. The number of nitrogens with zero attached hydrogens (tertiary/aromatic N) is 1. The van der Waals surface area contributed by atoms with Gasteiger partial charge in [-0.2, -0.15) is 0 Å². The Morgan fingerprint density at radius 2 is 1.51 bits per heavy atom. The molecule has 3 aromatic carbocycles. The summed E-state index contributed by atoms with van der Waals surface area (Å²) in [5.41, 5.74) is 2.21. The third-order valence-corrected chi connectivity index (χ3v) is 6.99. The maximum Gasteiger partial charge on any atom is 0.243 e. The Morgan fingerprint density at radius 1 is 0.829 bits per heavy atom. The minimum absolute atomic E-state index is 0.0494. The van der Waals surface area contributed by atoms with Gasteiger partial charge in [0.05, 0.1) is 16.5 Å². The van der Waals surface area contributed by atoms with Crippen molar-refractivity contribution in [1.82, 2.24) is 10.2 Å². The smallest absolute Gasteiger partial charge is 0.243 e. The molecule has 1 atom stereocenters. The molecule has 0 heterocycles. The van der Waals surface area contributed by atoms with Crippen molar-refractivity contribution in [2.75, 3.05) is 6.54 Å². The van der Waals surface area contributed by atoms with Gasteiger partial charge in [-0.05, 0) is 47.4 Å². The predicted molar refractivity (Wildman–Crippen MR) is 144 cm³/mol. The molecule has 0 aromatic heterocycles. The molecule has 3 rings (SSSR count). The number of carbonyl (C=O) groups excluding carboxylic acids is 2. The summed E-state index contributed by atoms with van der Waals surface area (Å²) in [6, 6.07) is 19.1. The first kappa shape index (κ1) is 27.3. The third-order valence-electron chi connectivity index (χ3n) is 5.55. The molecule has 8 heteroatoms. The summed E-state index contributed by atoms with van der Waals surface area (Å²) in [5.74, 6) is -0.506. The number of carbonyl (C=O) groups is 2. The van der Waals surface area contributed by atoms with E-state index in [0.29, 0.717) is 38.6 Å². The van der Waals surface area contributed by atoms with Gasteiger partial charge in [0.2, 0.25) is 11.8 Å². The van der Waals surface area contributed by atoms with Crippen LogP contribution in [0, 0.1) is 0 Å². The second-order valence-electron chi connectivity index (χ2n) is 8.14. The quantitative estimate of drug-likeness (QED) is 0.294. The maximum atomic E-state index is 13.8. The molecule has 4 nitrogen and oxygen atoms in total. The molecule has 0 aliphatic heterocycles. The molecule has 0 saturated carbocycles. The summed E-state index contributed by atoms with van der Waals surface area (Å²) in [5, 5.41) is 4.54. The molecule has 0 unspecified atom stereocenters. The summed E-state index contributed by atoms with van der Waals surface area (Å²) in [6.07, 6.45) is 1.08. The molecule has 1 N–H and O–H groups in total. The third kappa shape index (κ3) is 7.62. The highest BCUT2D eigenvalue weighted by molar-refractivity contribution is 6.42. The van der Waals surface area contributed by atoms with Gasteiger partial charge in [-0.3, -0.25) is 9.59 Å². The van der Waals surface area contributed by atoms with Gasteiger partial charge in [-0.25, -0.2) is 0 Å². The summed E-state index contributed by atoms with van der Waals surface area (Å²) >= 11 is 25.0. The van der Waals surface area contributed by atoms with Crippen molar-refractivity contribution in [1.29, 1.82) is 0 Å². The maximum absolute atomic E-state index is 13.8. The van der Waals surface area contributed by atoms with Crippen molar-refractivity contribution in [2.45, 2.75) is 38.8 Å². The average Bonchev–Trinajstić information content (AvgIpc) is 2.84. The fraction of sp³-hybridized carbons (Fsp3) is 0.259. The van der Waals surface area contributed by atoms with Gasteiger partial charge in [0.1, 0.15) is 6.04 Å². The number of benzene rings is 3. The second-order valence-corrected chi connectivity index (χ2v) is 9.77. The van der Waals surface area contributed by atoms with Crippen molar-refractivity contribution in [3.05, 3.63) is 104 Å². The first-order chi connectivity index (χ1) is 16.8. The van der Waals surface area contributed by atoms with E-state index in [-0.39, 0.29) is 24.8 Å². The van der Waals surface area contributed by atoms with E-state index in [0.717, 1.165) is 17.5 Å². The Labute approximate surface area is 226 Å². The van der Waals surface area contributed by atoms with E-state index in [9.17, 15) is 9.59 Å². The number of rotatable bonds is 10. The van der Waals surface area contributed by atoms with Crippen LogP contribution in [0.2, 0.25) is 20.1 Å². The van der Waals surface area contributed by atoms with Crippen molar-refractivity contribution >= 4 is 58.2 Å². The van der Waals surface area contributed by atoms with Gasteiger partial charge in [0.15, 0.2) is 0 Å². The van der Waals surface area contributed by atoms with Gasteiger partial charge in [0.25, 0.3) is 0 Å². The molecule has 0 fully saturated rings. The van der Waals surface area contributed by atoms with Gasteiger partial charge in [-0.15, -0.1) is 0 Å². The van der Waals surface area contributed by atoms with Gasteiger partial charge in [0, 0.05) is 29.6 Å². The van der Waals surface area contributed by atoms with Crippen molar-refractivity contribution in [2.24, 2.45) is 0 Å². The largest absolute Gasteiger partial charge is 0.354 e. The average molecular weight is 552 g/mol. The molecule has 0 aliphatic rings. The van der Waals surface area contributed by atoms with E-state index in [1.165, 1.54) is 0 Å². The minimum Gasteiger partial charge on any atom is -0.354 e. The van der Waals surface area contributed by atoms with Crippen LogP contribution in [0.25, 0.3) is 0 Å². The number of halogens is 4. The molecule has 184 valence electrons. The molecule has 0 saturated heterocycles. The molecule has 2 amide bonds. The first-order valence-electron chi connectivity index (χ1n) is 11.3. The lowest BCUT2D eigenvalue weighted by atomic mass is 10.0.